The zero-order valence-corrected chi connectivity index (χ0v) is 10.6. The Morgan fingerprint density at radius 3 is 2.82 bits per heavy atom. The molecule has 0 fully saturated rings. The lowest BCUT2D eigenvalue weighted by Crippen LogP contribution is -2.46. The van der Waals surface area contributed by atoms with E-state index in [0.717, 1.165) is 19.5 Å². The van der Waals surface area contributed by atoms with E-state index in [2.05, 4.69) is 34.5 Å². The van der Waals surface area contributed by atoms with Crippen LogP contribution in [0.25, 0.3) is 0 Å². The first-order valence-electron chi connectivity index (χ1n) is 6.31. The lowest BCUT2D eigenvalue weighted by atomic mass is 9.99. The second kappa shape index (κ2) is 5.32. The van der Waals surface area contributed by atoms with Gasteiger partial charge in [0.25, 0.3) is 0 Å². The monoisotopic (exact) mass is 232 g/mol. The summed E-state index contributed by atoms with van der Waals surface area (Å²) in [7, 11) is 0. The molecule has 0 unspecified atom stereocenters. The van der Waals surface area contributed by atoms with E-state index in [1.807, 2.05) is 13.8 Å². The molecular formula is C14H20N2O. The Balaban J connectivity index is 2.04. The molecule has 1 aromatic carbocycles. The number of likely N-dealkylation sites (N-methyl/N-ethyl adjacent to an activating group) is 1. The molecule has 1 aromatic rings. The molecule has 0 bridgehead atoms. The lowest BCUT2D eigenvalue weighted by molar-refractivity contribution is -0.126. The smallest absolute Gasteiger partial charge is 0.237 e. The molecule has 17 heavy (non-hydrogen) atoms. The van der Waals surface area contributed by atoms with E-state index >= 15 is 0 Å². The highest BCUT2D eigenvalue weighted by Gasteiger charge is 2.24. The van der Waals surface area contributed by atoms with Gasteiger partial charge < -0.3 is 5.32 Å². The first-order chi connectivity index (χ1) is 8.22. The van der Waals surface area contributed by atoms with Crippen LogP contribution in [0, 0.1) is 0 Å². The van der Waals surface area contributed by atoms with Crippen molar-refractivity contribution < 1.29 is 4.79 Å². The molecule has 0 spiro atoms. The van der Waals surface area contributed by atoms with E-state index in [4.69, 9.17) is 0 Å². The fraction of sp³-hybridized carbons (Fsp3) is 0.500. The SMILES string of the molecule is CCNC(=O)[C@@H](C)N1CCc2ccccc2C1. The molecule has 1 aliphatic heterocycles. The lowest BCUT2D eigenvalue weighted by Gasteiger charge is -2.32. The second-order valence-electron chi connectivity index (χ2n) is 4.56. The summed E-state index contributed by atoms with van der Waals surface area (Å²) < 4.78 is 0. The van der Waals surface area contributed by atoms with Gasteiger partial charge in [-0.1, -0.05) is 24.3 Å². The van der Waals surface area contributed by atoms with Crippen molar-refractivity contribution in [1.82, 2.24) is 10.2 Å². The molecule has 92 valence electrons. The van der Waals surface area contributed by atoms with Crippen molar-refractivity contribution >= 4 is 5.91 Å². The van der Waals surface area contributed by atoms with Crippen molar-refractivity contribution in [3.8, 4) is 0 Å². The van der Waals surface area contributed by atoms with Gasteiger partial charge in [0.15, 0.2) is 0 Å². The van der Waals surface area contributed by atoms with E-state index in [1.54, 1.807) is 0 Å². The van der Waals surface area contributed by atoms with Crippen LogP contribution < -0.4 is 5.32 Å². The number of fused-ring (bicyclic) bond motifs is 1. The standard InChI is InChI=1S/C14H20N2O/c1-3-15-14(17)11(2)16-9-8-12-6-4-5-7-13(12)10-16/h4-7,11H,3,8-10H2,1-2H3,(H,15,17)/t11-/m1/s1. The topological polar surface area (TPSA) is 32.3 Å². The van der Waals surface area contributed by atoms with E-state index in [0.29, 0.717) is 6.54 Å². The Morgan fingerprint density at radius 1 is 1.41 bits per heavy atom. The molecule has 0 aromatic heterocycles. The highest BCUT2D eigenvalue weighted by atomic mass is 16.2. The first-order valence-corrected chi connectivity index (χ1v) is 6.31. The van der Waals surface area contributed by atoms with Gasteiger partial charge in [0.05, 0.1) is 6.04 Å². The highest BCUT2D eigenvalue weighted by molar-refractivity contribution is 5.81. The molecule has 1 aliphatic rings. The van der Waals surface area contributed by atoms with Crippen molar-refractivity contribution in [3.05, 3.63) is 35.4 Å². The average molecular weight is 232 g/mol. The number of hydrogen-bond acceptors (Lipinski definition) is 2. The molecule has 1 amide bonds. The normalized spacial score (nSPS) is 17.3. The van der Waals surface area contributed by atoms with Crippen molar-refractivity contribution in [2.45, 2.75) is 32.9 Å². The van der Waals surface area contributed by atoms with Gasteiger partial charge in [-0.15, -0.1) is 0 Å². The molecule has 3 heteroatoms. The van der Waals surface area contributed by atoms with Crippen molar-refractivity contribution in [1.29, 1.82) is 0 Å². The summed E-state index contributed by atoms with van der Waals surface area (Å²) in [5.74, 6) is 0.131. The molecule has 0 aliphatic carbocycles. The molecule has 0 saturated carbocycles. The summed E-state index contributed by atoms with van der Waals surface area (Å²) in [6.07, 6.45) is 1.04. The van der Waals surface area contributed by atoms with Crippen LogP contribution in [0.1, 0.15) is 25.0 Å². The zero-order valence-electron chi connectivity index (χ0n) is 10.6. The quantitative estimate of drug-likeness (QED) is 0.858. The van der Waals surface area contributed by atoms with Crippen LogP contribution in [0.2, 0.25) is 0 Å². The fourth-order valence-corrected chi connectivity index (χ4v) is 2.34. The summed E-state index contributed by atoms with van der Waals surface area (Å²) in [6, 6.07) is 8.46. The van der Waals surface area contributed by atoms with Crippen molar-refractivity contribution in [2.75, 3.05) is 13.1 Å². The van der Waals surface area contributed by atoms with Gasteiger partial charge in [0, 0.05) is 19.6 Å². The molecule has 0 saturated heterocycles. The maximum atomic E-state index is 11.8. The van der Waals surface area contributed by atoms with Gasteiger partial charge in [-0.25, -0.2) is 0 Å². The van der Waals surface area contributed by atoms with Crippen LogP contribution in [0.15, 0.2) is 24.3 Å². The fourth-order valence-electron chi connectivity index (χ4n) is 2.34. The molecule has 1 heterocycles. The van der Waals surface area contributed by atoms with Crippen molar-refractivity contribution in [2.24, 2.45) is 0 Å². The first kappa shape index (κ1) is 12.1. The molecular weight excluding hydrogens is 212 g/mol. The Bertz CT molecular complexity index is 403. The number of nitrogens with zero attached hydrogens (tertiary/aromatic N) is 1. The number of carbonyl (C=O) groups excluding carboxylic acids is 1. The van der Waals surface area contributed by atoms with Gasteiger partial charge in [0.2, 0.25) is 5.91 Å². The molecule has 1 N–H and O–H groups in total. The molecule has 0 radical (unpaired) electrons. The number of amides is 1. The summed E-state index contributed by atoms with van der Waals surface area (Å²) in [5, 5.41) is 2.89. The average Bonchev–Trinajstić information content (AvgIpc) is 2.37. The van der Waals surface area contributed by atoms with Crippen LogP contribution in [0.5, 0.6) is 0 Å². The predicted molar refractivity (Wildman–Crippen MR) is 68.7 cm³/mol. The third-order valence-electron chi connectivity index (χ3n) is 3.44. The Morgan fingerprint density at radius 2 is 2.12 bits per heavy atom. The van der Waals surface area contributed by atoms with Gasteiger partial charge in [-0.3, -0.25) is 9.69 Å². The summed E-state index contributed by atoms with van der Waals surface area (Å²) in [5.41, 5.74) is 2.78. The second-order valence-corrected chi connectivity index (χ2v) is 4.56. The van der Waals surface area contributed by atoms with E-state index < -0.39 is 0 Å². The van der Waals surface area contributed by atoms with Gasteiger partial charge in [0.1, 0.15) is 0 Å². The number of benzene rings is 1. The van der Waals surface area contributed by atoms with Crippen LogP contribution in [0.4, 0.5) is 0 Å². The van der Waals surface area contributed by atoms with E-state index in [-0.39, 0.29) is 11.9 Å². The minimum absolute atomic E-state index is 0.0386. The third-order valence-corrected chi connectivity index (χ3v) is 3.44. The molecule has 1 atom stereocenters. The molecule has 3 nitrogen and oxygen atoms in total. The molecule has 2 rings (SSSR count). The summed E-state index contributed by atoms with van der Waals surface area (Å²) >= 11 is 0. The Labute approximate surface area is 103 Å². The predicted octanol–water partition coefficient (Wildman–Crippen LogP) is 1.57. The maximum Gasteiger partial charge on any atom is 0.237 e. The van der Waals surface area contributed by atoms with Crippen molar-refractivity contribution in [3.63, 3.8) is 0 Å². The summed E-state index contributed by atoms with van der Waals surface area (Å²) in [6.45, 7) is 6.49. The van der Waals surface area contributed by atoms with Crippen LogP contribution in [-0.2, 0) is 17.8 Å². The van der Waals surface area contributed by atoms with Crippen LogP contribution >= 0.6 is 0 Å². The number of hydrogen-bond donors (Lipinski definition) is 1. The maximum absolute atomic E-state index is 11.8. The van der Waals surface area contributed by atoms with Gasteiger partial charge in [-0.05, 0) is 31.4 Å². The largest absolute Gasteiger partial charge is 0.355 e. The van der Waals surface area contributed by atoms with Crippen LogP contribution in [0.3, 0.4) is 0 Å². The Hall–Kier alpha value is -1.35. The van der Waals surface area contributed by atoms with Gasteiger partial charge >= 0.3 is 0 Å². The number of nitrogens with one attached hydrogen (secondary N) is 1. The third kappa shape index (κ3) is 2.67. The van der Waals surface area contributed by atoms with E-state index in [9.17, 15) is 4.79 Å². The van der Waals surface area contributed by atoms with Gasteiger partial charge in [-0.2, -0.15) is 0 Å². The number of rotatable bonds is 3. The number of carbonyl (C=O) groups is 1. The highest BCUT2D eigenvalue weighted by Crippen LogP contribution is 2.20. The minimum Gasteiger partial charge on any atom is -0.355 e. The van der Waals surface area contributed by atoms with Crippen LogP contribution in [-0.4, -0.2) is 29.9 Å². The summed E-state index contributed by atoms with van der Waals surface area (Å²) in [4.78, 5) is 14.0. The Kier molecular flexibility index (Phi) is 3.79. The van der Waals surface area contributed by atoms with E-state index in [1.165, 1.54) is 11.1 Å². The zero-order chi connectivity index (χ0) is 12.3. The minimum atomic E-state index is -0.0386.